The number of hydrogen-bond acceptors (Lipinski definition) is 4. The van der Waals surface area contributed by atoms with Crippen LogP contribution >= 0.6 is 0 Å². The molecular weight excluding hydrogens is 386 g/mol. The van der Waals surface area contributed by atoms with Gasteiger partial charge in [0.2, 0.25) is 6.79 Å². The second-order valence-corrected chi connectivity index (χ2v) is 2.10. The van der Waals surface area contributed by atoms with E-state index in [1.165, 1.54) is 0 Å². The maximum Gasteiger partial charge on any atom is 0.215 e. The molecule has 62 valence electrons. The van der Waals surface area contributed by atoms with Crippen LogP contribution in [-0.4, -0.2) is 17.0 Å². The van der Waals surface area contributed by atoms with E-state index >= 15 is 0 Å². The van der Waals surface area contributed by atoms with Crippen LogP contribution < -0.4 is 9.47 Å². The van der Waals surface area contributed by atoms with Crippen molar-refractivity contribution < 1.29 is 50.8 Å². The fourth-order valence-corrected chi connectivity index (χ4v) is 0.909. The minimum atomic E-state index is -0.160. The van der Waals surface area contributed by atoms with E-state index in [0.717, 1.165) is 6.07 Å². The fourth-order valence-electron chi connectivity index (χ4n) is 0.909. The standard InChI is InChI=1S/C7H5O4.U/c8-4-1-5(9)7-6(2-4)10-3-11-7;/h1,8-9H,3H2;/q-1;. The van der Waals surface area contributed by atoms with Gasteiger partial charge >= 0.3 is 0 Å². The summed E-state index contributed by atoms with van der Waals surface area (Å²) in [5.74, 6) is 0.200. The molecule has 0 spiro atoms. The SMILES string of the molecule is Oc1[c-]c2c(c(O)c1)OCO2.[U]. The largest absolute Gasteiger partial charge is 0.534 e. The quantitative estimate of drug-likeness (QED) is 0.638. The van der Waals surface area contributed by atoms with Gasteiger partial charge in [0.25, 0.3) is 0 Å². The summed E-state index contributed by atoms with van der Waals surface area (Å²) in [5.41, 5.74) is 0. The van der Waals surface area contributed by atoms with Gasteiger partial charge < -0.3 is 19.7 Å². The number of ether oxygens (including phenoxy) is 2. The van der Waals surface area contributed by atoms with E-state index in [2.05, 4.69) is 6.07 Å². The second kappa shape index (κ2) is 3.46. The zero-order chi connectivity index (χ0) is 7.84. The van der Waals surface area contributed by atoms with Crippen molar-refractivity contribution in [1.29, 1.82) is 0 Å². The van der Waals surface area contributed by atoms with Crippen LogP contribution in [0.15, 0.2) is 6.07 Å². The van der Waals surface area contributed by atoms with Gasteiger partial charge in [-0.3, -0.25) is 0 Å². The van der Waals surface area contributed by atoms with Gasteiger partial charge in [-0.25, -0.2) is 0 Å². The molecule has 0 radical (unpaired) electrons. The molecule has 1 aromatic carbocycles. The number of benzene rings is 1. The Morgan fingerprint density at radius 1 is 1.33 bits per heavy atom. The van der Waals surface area contributed by atoms with Gasteiger partial charge in [-0.15, -0.1) is 0 Å². The molecule has 0 saturated carbocycles. The van der Waals surface area contributed by atoms with E-state index in [-0.39, 0.29) is 60.9 Å². The molecule has 1 heterocycles. The molecule has 1 aliphatic heterocycles. The summed E-state index contributed by atoms with van der Waals surface area (Å²) in [5, 5.41) is 18.1. The summed E-state index contributed by atoms with van der Waals surface area (Å²) in [4.78, 5) is 0. The van der Waals surface area contributed by atoms with E-state index in [4.69, 9.17) is 19.7 Å². The van der Waals surface area contributed by atoms with Crippen molar-refractivity contribution in [2.24, 2.45) is 0 Å². The molecule has 0 aliphatic carbocycles. The van der Waals surface area contributed by atoms with E-state index < -0.39 is 0 Å². The second-order valence-electron chi connectivity index (χ2n) is 2.10. The maximum absolute atomic E-state index is 9.13. The molecule has 0 fully saturated rings. The van der Waals surface area contributed by atoms with Crippen molar-refractivity contribution in [3.63, 3.8) is 0 Å². The molecule has 5 heteroatoms. The number of hydrogen-bond donors (Lipinski definition) is 2. The zero-order valence-corrected chi connectivity index (χ0v) is 10.2. The first-order valence-electron chi connectivity index (χ1n) is 3.01. The first-order valence-corrected chi connectivity index (χ1v) is 3.01. The summed E-state index contributed by atoms with van der Waals surface area (Å²) in [6, 6.07) is 3.62. The van der Waals surface area contributed by atoms with Crippen LogP contribution in [0.25, 0.3) is 0 Å². The van der Waals surface area contributed by atoms with Crippen molar-refractivity contribution in [3.05, 3.63) is 12.1 Å². The van der Waals surface area contributed by atoms with Crippen LogP contribution in [0.4, 0.5) is 0 Å². The first kappa shape index (κ1) is 9.56. The molecule has 2 N–H and O–H groups in total. The molecule has 2 rings (SSSR count). The van der Waals surface area contributed by atoms with Gasteiger partial charge in [0.15, 0.2) is 0 Å². The number of phenols is 2. The Balaban J connectivity index is 0.000000720. The average Bonchev–Trinajstić information content (AvgIpc) is 2.34. The van der Waals surface area contributed by atoms with E-state index in [1.807, 2.05) is 0 Å². The molecule has 0 saturated heterocycles. The summed E-state index contributed by atoms with van der Waals surface area (Å²) in [6.07, 6.45) is 0. The Hall–Kier alpha value is -0.528. The molecule has 0 atom stereocenters. The molecule has 0 amide bonds. The van der Waals surface area contributed by atoms with Gasteiger partial charge in [-0.2, -0.15) is 0 Å². The third kappa shape index (κ3) is 1.47. The van der Waals surface area contributed by atoms with Crippen molar-refractivity contribution >= 4 is 0 Å². The zero-order valence-electron chi connectivity index (χ0n) is 6.00. The summed E-state index contributed by atoms with van der Waals surface area (Å²) in [6.45, 7) is 0.0584. The third-order valence-electron chi connectivity index (χ3n) is 1.36. The maximum atomic E-state index is 9.13. The molecule has 1 aliphatic rings. The average molecular weight is 391 g/mol. The third-order valence-corrected chi connectivity index (χ3v) is 1.36. The Kier molecular flexibility index (Phi) is 2.76. The predicted molar refractivity (Wildman–Crippen MR) is 34.7 cm³/mol. The van der Waals surface area contributed by atoms with Crippen LogP contribution in [0.2, 0.25) is 0 Å². The van der Waals surface area contributed by atoms with Gasteiger partial charge in [0.1, 0.15) is 0 Å². The van der Waals surface area contributed by atoms with Gasteiger partial charge in [-0.05, 0) is 0 Å². The Morgan fingerprint density at radius 3 is 2.83 bits per heavy atom. The predicted octanol–water partition coefficient (Wildman–Crippen LogP) is 0.627. The Bertz CT molecular complexity index is 300. The summed E-state index contributed by atoms with van der Waals surface area (Å²) >= 11 is 0. The van der Waals surface area contributed by atoms with E-state index in [9.17, 15) is 0 Å². The van der Waals surface area contributed by atoms with Gasteiger partial charge in [-0.1, -0.05) is 12.1 Å². The van der Waals surface area contributed by atoms with Crippen LogP contribution in [-0.2, 0) is 0 Å². The van der Waals surface area contributed by atoms with Crippen molar-refractivity contribution in [3.8, 4) is 23.0 Å². The topological polar surface area (TPSA) is 58.9 Å². The molecule has 0 bridgehead atoms. The number of rotatable bonds is 0. The van der Waals surface area contributed by atoms with Crippen molar-refractivity contribution in [2.45, 2.75) is 0 Å². The summed E-state index contributed by atoms with van der Waals surface area (Å²) in [7, 11) is 0. The smallest absolute Gasteiger partial charge is 0.215 e. The molecular formula is C7H5O4U-. The Labute approximate surface area is 92.5 Å². The van der Waals surface area contributed by atoms with Crippen molar-refractivity contribution in [2.75, 3.05) is 6.79 Å². The van der Waals surface area contributed by atoms with Crippen LogP contribution in [0, 0.1) is 37.2 Å². The molecule has 0 unspecified atom stereocenters. The van der Waals surface area contributed by atoms with Crippen LogP contribution in [0.5, 0.6) is 23.0 Å². The van der Waals surface area contributed by atoms with Gasteiger partial charge in [0.05, 0.1) is 17.2 Å². The molecule has 1 aromatic rings. The number of fused-ring (bicyclic) bond motifs is 1. The fraction of sp³-hybridized carbons (Fsp3) is 0.143. The minimum Gasteiger partial charge on any atom is -0.534 e. The first-order chi connectivity index (χ1) is 5.27. The molecule has 4 nitrogen and oxygen atoms in total. The minimum absolute atomic E-state index is 0. The number of aromatic hydroxyl groups is 2. The monoisotopic (exact) mass is 391 g/mol. The number of phenolic OH excluding ortho intramolecular Hbond substituents is 2. The van der Waals surface area contributed by atoms with Crippen molar-refractivity contribution in [1.82, 2.24) is 0 Å². The Morgan fingerprint density at radius 2 is 2.08 bits per heavy atom. The molecule has 12 heavy (non-hydrogen) atoms. The van der Waals surface area contributed by atoms with Gasteiger partial charge in [0, 0.05) is 36.9 Å². The van der Waals surface area contributed by atoms with E-state index in [0.29, 0.717) is 0 Å². The van der Waals surface area contributed by atoms with Crippen LogP contribution in [0.3, 0.4) is 0 Å². The van der Waals surface area contributed by atoms with Crippen LogP contribution in [0.1, 0.15) is 0 Å². The normalized spacial score (nSPS) is 12.3. The summed E-state index contributed by atoms with van der Waals surface area (Å²) < 4.78 is 9.73. The molecule has 0 aromatic heterocycles. The van der Waals surface area contributed by atoms with E-state index in [1.54, 1.807) is 0 Å².